The molecular weight excluding hydrogens is 328 g/mol. The third-order valence-corrected chi connectivity index (χ3v) is 4.52. The van der Waals surface area contributed by atoms with E-state index in [4.69, 9.17) is 4.74 Å². The fourth-order valence-corrected chi connectivity index (χ4v) is 3.09. The molecule has 7 heteroatoms. The Morgan fingerprint density at radius 1 is 1.23 bits per heavy atom. The zero-order valence-electron chi connectivity index (χ0n) is 14.7. The van der Waals surface area contributed by atoms with Gasteiger partial charge in [0.05, 0.1) is 24.7 Å². The lowest BCUT2D eigenvalue weighted by atomic mass is 10.1. The van der Waals surface area contributed by atoms with Gasteiger partial charge in [0.25, 0.3) is 0 Å². The molecule has 1 fully saturated rings. The monoisotopic (exact) mass is 350 g/mol. The molecule has 1 saturated heterocycles. The topological polar surface area (TPSA) is 76.9 Å². The predicted octanol–water partition coefficient (Wildman–Crippen LogP) is 2.50. The minimum Gasteiger partial charge on any atom is -0.497 e. The van der Waals surface area contributed by atoms with Crippen LogP contribution in [0.15, 0.2) is 48.9 Å². The minimum atomic E-state index is 0.422. The Labute approximate surface area is 152 Å². The van der Waals surface area contributed by atoms with Crippen LogP contribution in [-0.2, 0) is 0 Å². The molecule has 0 aliphatic carbocycles. The maximum atomic E-state index is 5.28. The van der Waals surface area contributed by atoms with E-state index in [9.17, 15) is 0 Å². The summed E-state index contributed by atoms with van der Waals surface area (Å²) in [5.74, 6) is 1.47. The van der Waals surface area contributed by atoms with Gasteiger partial charge in [-0.25, -0.2) is 14.6 Å². The first-order chi connectivity index (χ1) is 12.8. The predicted molar refractivity (Wildman–Crippen MR) is 101 cm³/mol. The van der Waals surface area contributed by atoms with Gasteiger partial charge >= 0.3 is 0 Å². The first kappa shape index (κ1) is 16.5. The Morgan fingerprint density at radius 2 is 2.12 bits per heavy atom. The van der Waals surface area contributed by atoms with Crippen molar-refractivity contribution in [3.05, 3.63) is 48.9 Å². The standard InChI is InChI=1S/C19H22N6O/c1-26-17-4-2-3-16(11-17)25-13-14(12-22-25)18-7-10-21-19(24-18)23-15-5-8-20-9-6-15/h2-4,7,10-13,15,20H,5-6,8-9H2,1H3,(H,21,23,24). The molecule has 2 N–H and O–H groups in total. The van der Waals surface area contributed by atoms with E-state index in [0.717, 1.165) is 48.6 Å². The molecule has 3 heterocycles. The van der Waals surface area contributed by atoms with Crippen LogP contribution in [0.4, 0.5) is 5.95 Å². The Hall–Kier alpha value is -2.93. The van der Waals surface area contributed by atoms with Crippen molar-refractivity contribution in [2.75, 3.05) is 25.5 Å². The van der Waals surface area contributed by atoms with Crippen molar-refractivity contribution >= 4 is 5.95 Å². The highest BCUT2D eigenvalue weighted by molar-refractivity contribution is 5.59. The number of aromatic nitrogens is 4. The van der Waals surface area contributed by atoms with Crippen molar-refractivity contribution in [3.8, 4) is 22.7 Å². The lowest BCUT2D eigenvalue weighted by molar-refractivity contribution is 0.414. The van der Waals surface area contributed by atoms with E-state index in [2.05, 4.69) is 25.7 Å². The second-order valence-corrected chi connectivity index (χ2v) is 6.31. The van der Waals surface area contributed by atoms with Crippen molar-refractivity contribution in [3.63, 3.8) is 0 Å². The molecule has 2 aromatic heterocycles. The lowest BCUT2D eigenvalue weighted by Crippen LogP contribution is -2.35. The zero-order chi connectivity index (χ0) is 17.8. The summed E-state index contributed by atoms with van der Waals surface area (Å²) in [6.07, 6.45) is 7.74. The number of nitrogens with one attached hydrogen (secondary N) is 2. The van der Waals surface area contributed by atoms with E-state index < -0.39 is 0 Å². The number of hydrogen-bond acceptors (Lipinski definition) is 6. The lowest BCUT2D eigenvalue weighted by Gasteiger charge is -2.23. The number of piperidine rings is 1. The average molecular weight is 350 g/mol. The van der Waals surface area contributed by atoms with E-state index in [1.807, 2.05) is 47.4 Å². The Bertz CT molecular complexity index is 872. The third-order valence-electron chi connectivity index (χ3n) is 4.52. The normalized spacial score (nSPS) is 15.0. The first-order valence-corrected chi connectivity index (χ1v) is 8.81. The number of ether oxygens (including phenoxy) is 1. The number of nitrogens with zero attached hydrogens (tertiary/aromatic N) is 4. The van der Waals surface area contributed by atoms with E-state index in [-0.39, 0.29) is 0 Å². The molecule has 7 nitrogen and oxygen atoms in total. The van der Waals surface area contributed by atoms with E-state index in [1.165, 1.54) is 0 Å². The second kappa shape index (κ2) is 7.53. The Balaban J connectivity index is 1.54. The highest BCUT2D eigenvalue weighted by Gasteiger charge is 2.14. The molecule has 0 amide bonds. The highest BCUT2D eigenvalue weighted by Crippen LogP contribution is 2.21. The second-order valence-electron chi connectivity index (χ2n) is 6.31. The van der Waals surface area contributed by atoms with Crippen LogP contribution in [0.25, 0.3) is 16.9 Å². The van der Waals surface area contributed by atoms with Gasteiger partial charge in [-0.3, -0.25) is 0 Å². The van der Waals surface area contributed by atoms with Gasteiger partial charge < -0.3 is 15.4 Å². The van der Waals surface area contributed by atoms with Crippen LogP contribution in [0.1, 0.15) is 12.8 Å². The van der Waals surface area contributed by atoms with Gasteiger partial charge in [-0.15, -0.1) is 0 Å². The molecule has 26 heavy (non-hydrogen) atoms. The molecule has 1 aromatic carbocycles. The van der Waals surface area contributed by atoms with Crippen molar-refractivity contribution in [1.29, 1.82) is 0 Å². The van der Waals surface area contributed by atoms with Crippen LogP contribution in [0.3, 0.4) is 0 Å². The molecule has 0 radical (unpaired) electrons. The molecule has 0 bridgehead atoms. The summed E-state index contributed by atoms with van der Waals surface area (Å²) in [7, 11) is 1.66. The SMILES string of the molecule is COc1cccc(-n2cc(-c3ccnc(NC4CCNCC4)n3)cn2)c1. The van der Waals surface area contributed by atoms with Crippen LogP contribution >= 0.6 is 0 Å². The summed E-state index contributed by atoms with van der Waals surface area (Å²) < 4.78 is 7.10. The molecule has 0 unspecified atom stereocenters. The van der Waals surface area contributed by atoms with Crippen molar-refractivity contribution in [1.82, 2.24) is 25.1 Å². The van der Waals surface area contributed by atoms with Crippen LogP contribution < -0.4 is 15.4 Å². The van der Waals surface area contributed by atoms with E-state index in [0.29, 0.717) is 12.0 Å². The number of hydrogen-bond donors (Lipinski definition) is 2. The minimum absolute atomic E-state index is 0.422. The smallest absolute Gasteiger partial charge is 0.223 e. The molecule has 1 aliphatic rings. The zero-order valence-corrected chi connectivity index (χ0v) is 14.7. The quantitative estimate of drug-likeness (QED) is 0.736. The molecule has 1 aliphatic heterocycles. The van der Waals surface area contributed by atoms with Gasteiger partial charge in [-0.05, 0) is 44.1 Å². The van der Waals surface area contributed by atoms with Crippen LogP contribution in [0.5, 0.6) is 5.75 Å². The van der Waals surface area contributed by atoms with Gasteiger partial charge in [0.2, 0.25) is 5.95 Å². The average Bonchev–Trinajstić information content (AvgIpc) is 3.19. The van der Waals surface area contributed by atoms with Gasteiger partial charge in [0, 0.05) is 30.1 Å². The van der Waals surface area contributed by atoms with Crippen LogP contribution in [0.2, 0.25) is 0 Å². The Kier molecular flexibility index (Phi) is 4.79. The van der Waals surface area contributed by atoms with Gasteiger partial charge in [-0.1, -0.05) is 6.07 Å². The van der Waals surface area contributed by atoms with Gasteiger partial charge in [0.15, 0.2) is 0 Å². The summed E-state index contributed by atoms with van der Waals surface area (Å²) >= 11 is 0. The molecule has 4 rings (SSSR count). The fourth-order valence-electron chi connectivity index (χ4n) is 3.09. The summed E-state index contributed by atoms with van der Waals surface area (Å²) in [6, 6.07) is 10.1. The number of rotatable bonds is 5. The van der Waals surface area contributed by atoms with E-state index in [1.54, 1.807) is 13.3 Å². The van der Waals surface area contributed by atoms with Gasteiger partial charge in [-0.2, -0.15) is 5.10 Å². The number of methoxy groups -OCH3 is 1. The molecule has 0 spiro atoms. The number of benzene rings is 1. The van der Waals surface area contributed by atoms with Crippen molar-refractivity contribution in [2.24, 2.45) is 0 Å². The van der Waals surface area contributed by atoms with Crippen molar-refractivity contribution in [2.45, 2.75) is 18.9 Å². The maximum absolute atomic E-state index is 5.28. The van der Waals surface area contributed by atoms with Crippen LogP contribution in [-0.4, -0.2) is 46.0 Å². The fraction of sp³-hybridized carbons (Fsp3) is 0.316. The molecule has 0 atom stereocenters. The maximum Gasteiger partial charge on any atom is 0.223 e. The van der Waals surface area contributed by atoms with E-state index >= 15 is 0 Å². The summed E-state index contributed by atoms with van der Waals surface area (Å²) in [4.78, 5) is 9.02. The summed E-state index contributed by atoms with van der Waals surface area (Å²) in [5.41, 5.74) is 2.74. The first-order valence-electron chi connectivity index (χ1n) is 8.81. The largest absolute Gasteiger partial charge is 0.497 e. The Morgan fingerprint density at radius 3 is 2.96 bits per heavy atom. The van der Waals surface area contributed by atoms with Crippen molar-refractivity contribution < 1.29 is 4.74 Å². The third kappa shape index (κ3) is 3.67. The molecular formula is C19H22N6O. The summed E-state index contributed by atoms with van der Waals surface area (Å²) in [6.45, 7) is 2.06. The summed E-state index contributed by atoms with van der Waals surface area (Å²) in [5, 5.41) is 11.3. The molecule has 134 valence electrons. The van der Waals surface area contributed by atoms with Gasteiger partial charge in [0.1, 0.15) is 5.75 Å². The van der Waals surface area contributed by atoms with Crippen LogP contribution in [0, 0.1) is 0 Å². The molecule has 0 saturated carbocycles. The highest BCUT2D eigenvalue weighted by atomic mass is 16.5. The molecule has 3 aromatic rings. The number of anilines is 1.